The number of aliphatic hydroxyl groups is 1. The highest BCUT2D eigenvalue weighted by atomic mass is 19.1. The summed E-state index contributed by atoms with van der Waals surface area (Å²) in [6, 6.07) is 11.9. The van der Waals surface area contributed by atoms with Crippen molar-refractivity contribution < 1.29 is 19.1 Å². The van der Waals surface area contributed by atoms with Gasteiger partial charge in [-0.3, -0.25) is 9.59 Å². The van der Waals surface area contributed by atoms with Gasteiger partial charge in [-0.2, -0.15) is 0 Å². The molecule has 0 radical (unpaired) electrons. The summed E-state index contributed by atoms with van der Waals surface area (Å²) in [7, 11) is 3.74. The van der Waals surface area contributed by atoms with Crippen molar-refractivity contribution in [3.05, 3.63) is 76.6 Å². The molecule has 1 unspecified atom stereocenters. The lowest BCUT2D eigenvalue weighted by Gasteiger charge is -2.26. The monoisotopic (exact) mass is 382 g/mol. The van der Waals surface area contributed by atoms with E-state index in [0.717, 1.165) is 5.56 Å². The lowest BCUT2D eigenvalue weighted by Crippen LogP contribution is -2.35. The van der Waals surface area contributed by atoms with E-state index in [-0.39, 0.29) is 11.3 Å². The second-order valence-electron chi connectivity index (χ2n) is 7.21. The number of aliphatic hydroxyl groups excluding tert-OH is 1. The lowest BCUT2D eigenvalue weighted by molar-refractivity contribution is -0.140. The van der Waals surface area contributed by atoms with E-state index in [1.807, 2.05) is 38.1 Å². The highest BCUT2D eigenvalue weighted by Gasteiger charge is 2.45. The average molecular weight is 382 g/mol. The van der Waals surface area contributed by atoms with Crippen molar-refractivity contribution >= 4 is 17.4 Å². The summed E-state index contributed by atoms with van der Waals surface area (Å²) in [5.74, 6) is -2.02. The molecular formula is C22H23FN2O3. The maximum atomic E-state index is 13.4. The second kappa shape index (κ2) is 7.94. The van der Waals surface area contributed by atoms with Crippen LogP contribution in [0.4, 0.5) is 4.39 Å². The van der Waals surface area contributed by atoms with E-state index >= 15 is 0 Å². The average Bonchev–Trinajstić information content (AvgIpc) is 2.91. The number of hydrogen-bond acceptors (Lipinski definition) is 4. The fourth-order valence-corrected chi connectivity index (χ4v) is 3.28. The highest BCUT2D eigenvalue weighted by Crippen LogP contribution is 2.39. The van der Waals surface area contributed by atoms with E-state index in [9.17, 15) is 19.1 Å². The van der Waals surface area contributed by atoms with Crippen LogP contribution < -0.4 is 0 Å². The van der Waals surface area contributed by atoms with Crippen LogP contribution in [0.3, 0.4) is 0 Å². The second-order valence-corrected chi connectivity index (χ2v) is 7.21. The molecule has 6 heteroatoms. The van der Waals surface area contributed by atoms with Crippen LogP contribution in [-0.4, -0.2) is 53.8 Å². The smallest absolute Gasteiger partial charge is 0.295 e. The first-order valence-electron chi connectivity index (χ1n) is 9.05. The standard InChI is InChI=1S/C22H23FN2O3/c1-14-4-6-16(7-5-14)20(26)18-19(15-8-10-17(23)11-9-15)25(13-12-24(2)3)22(28)21(18)27/h4-11,19,26H,12-13H2,1-3H3/b20-18-. The number of rotatable bonds is 5. The molecule has 1 N–H and O–H groups in total. The Balaban J connectivity index is 2.13. The van der Waals surface area contributed by atoms with Gasteiger partial charge in [-0.1, -0.05) is 42.0 Å². The van der Waals surface area contributed by atoms with Gasteiger partial charge < -0.3 is 14.9 Å². The Bertz CT molecular complexity index is 918. The van der Waals surface area contributed by atoms with Gasteiger partial charge in [0, 0.05) is 18.7 Å². The number of carbonyl (C=O) groups is 2. The topological polar surface area (TPSA) is 60.9 Å². The summed E-state index contributed by atoms with van der Waals surface area (Å²) in [5.41, 5.74) is 2.08. The van der Waals surface area contributed by atoms with E-state index in [1.165, 1.54) is 29.2 Å². The van der Waals surface area contributed by atoms with Gasteiger partial charge in [0.2, 0.25) is 0 Å². The van der Waals surface area contributed by atoms with Gasteiger partial charge in [-0.05, 0) is 38.7 Å². The molecule has 1 saturated heterocycles. The van der Waals surface area contributed by atoms with Crippen molar-refractivity contribution in [3.8, 4) is 0 Å². The number of amides is 1. The molecule has 0 saturated carbocycles. The van der Waals surface area contributed by atoms with E-state index in [4.69, 9.17) is 0 Å². The Labute approximate surface area is 163 Å². The van der Waals surface area contributed by atoms with Gasteiger partial charge in [0.05, 0.1) is 11.6 Å². The first-order valence-corrected chi connectivity index (χ1v) is 9.05. The molecule has 1 aliphatic heterocycles. The van der Waals surface area contributed by atoms with Crippen molar-refractivity contribution in [2.45, 2.75) is 13.0 Å². The number of nitrogens with zero attached hydrogens (tertiary/aromatic N) is 2. The maximum absolute atomic E-state index is 13.4. The van der Waals surface area contributed by atoms with E-state index in [2.05, 4.69) is 0 Å². The molecule has 3 rings (SSSR count). The van der Waals surface area contributed by atoms with Crippen LogP contribution in [-0.2, 0) is 9.59 Å². The Morgan fingerprint density at radius 3 is 2.25 bits per heavy atom. The first-order chi connectivity index (χ1) is 13.3. The van der Waals surface area contributed by atoms with Gasteiger partial charge in [0.15, 0.2) is 0 Å². The Hall–Kier alpha value is -2.99. The normalized spacial score (nSPS) is 18.9. The molecule has 0 bridgehead atoms. The molecule has 5 nitrogen and oxygen atoms in total. The summed E-state index contributed by atoms with van der Waals surface area (Å²) in [4.78, 5) is 28.8. The molecule has 28 heavy (non-hydrogen) atoms. The Kier molecular flexibility index (Phi) is 5.61. The number of Topliss-reactive ketones (excluding diaryl/α,β-unsaturated/α-hetero) is 1. The molecule has 0 aromatic heterocycles. The number of carbonyl (C=O) groups excluding carboxylic acids is 2. The van der Waals surface area contributed by atoms with Crippen LogP contribution >= 0.6 is 0 Å². The largest absolute Gasteiger partial charge is 0.507 e. The molecule has 1 heterocycles. The van der Waals surface area contributed by atoms with Gasteiger partial charge in [-0.15, -0.1) is 0 Å². The van der Waals surface area contributed by atoms with Crippen LogP contribution in [0, 0.1) is 12.7 Å². The molecule has 1 atom stereocenters. The van der Waals surface area contributed by atoms with Gasteiger partial charge in [0.25, 0.3) is 11.7 Å². The third-order valence-corrected chi connectivity index (χ3v) is 4.84. The van der Waals surface area contributed by atoms with Gasteiger partial charge >= 0.3 is 0 Å². The van der Waals surface area contributed by atoms with Crippen molar-refractivity contribution in [1.29, 1.82) is 0 Å². The number of likely N-dealkylation sites (N-methyl/N-ethyl adjacent to an activating group) is 1. The summed E-state index contributed by atoms with van der Waals surface area (Å²) < 4.78 is 13.4. The Morgan fingerprint density at radius 1 is 1.07 bits per heavy atom. The number of halogens is 1. The molecule has 1 aliphatic rings. The summed E-state index contributed by atoms with van der Waals surface area (Å²) in [5, 5.41) is 10.9. The molecule has 0 spiro atoms. The van der Waals surface area contributed by atoms with E-state index < -0.39 is 23.5 Å². The summed E-state index contributed by atoms with van der Waals surface area (Å²) in [6.07, 6.45) is 0. The molecule has 1 fully saturated rings. The minimum Gasteiger partial charge on any atom is -0.507 e. The summed E-state index contributed by atoms with van der Waals surface area (Å²) >= 11 is 0. The zero-order valence-electron chi connectivity index (χ0n) is 16.1. The van der Waals surface area contributed by atoms with Crippen LogP contribution in [0.5, 0.6) is 0 Å². The van der Waals surface area contributed by atoms with Crippen LogP contribution in [0.15, 0.2) is 54.1 Å². The third kappa shape index (κ3) is 3.82. The molecule has 1 amide bonds. The summed E-state index contributed by atoms with van der Waals surface area (Å²) in [6.45, 7) is 2.78. The fourth-order valence-electron chi connectivity index (χ4n) is 3.28. The molecule has 0 aliphatic carbocycles. The number of ketones is 1. The van der Waals surface area contributed by atoms with Gasteiger partial charge in [-0.25, -0.2) is 4.39 Å². The van der Waals surface area contributed by atoms with Crippen molar-refractivity contribution in [3.63, 3.8) is 0 Å². The quantitative estimate of drug-likeness (QED) is 0.490. The fraction of sp³-hybridized carbons (Fsp3) is 0.273. The van der Waals surface area contributed by atoms with Gasteiger partial charge in [0.1, 0.15) is 11.6 Å². The first kappa shape index (κ1) is 19.8. The van der Waals surface area contributed by atoms with E-state index in [0.29, 0.717) is 24.2 Å². The van der Waals surface area contributed by atoms with Crippen LogP contribution in [0.2, 0.25) is 0 Å². The number of likely N-dealkylation sites (tertiary alicyclic amines) is 1. The SMILES string of the molecule is Cc1ccc(/C(O)=C2/C(=O)C(=O)N(CCN(C)C)C2c2ccc(F)cc2)cc1. The van der Waals surface area contributed by atoms with E-state index in [1.54, 1.807) is 12.1 Å². The van der Waals surface area contributed by atoms with Crippen molar-refractivity contribution in [2.24, 2.45) is 0 Å². The minimum absolute atomic E-state index is 0.0271. The minimum atomic E-state index is -0.762. The number of hydrogen-bond donors (Lipinski definition) is 1. The van der Waals surface area contributed by atoms with Crippen molar-refractivity contribution in [2.75, 3.05) is 27.2 Å². The predicted molar refractivity (Wildman–Crippen MR) is 105 cm³/mol. The molecule has 2 aromatic carbocycles. The zero-order valence-corrected chi connectivity index (χ0v) is 16.1. The Morgan fingerprint density at radius 2 is 1.68 bits per heavy atom. The molecular weight excluding hydrogens is 359 g/mol. The highest BCUT2D eigenvalue weighted by molar-refractivity contribution is 6.46. The molecule has 146 valence electrons. The number of benzene rings is 2. The predicted octanol–water partition coefficient (Wildman–Crippen LogP) is 3.12. The lowest BCUT2D eigenvalue weighted by atomic mass is 9.95. The number of aryl methyl sites for hydroxylation is 1. The zero-order chi connectivity index (χ0) is 20.4. The maximum Gasteiger partial charge on any atom is 0.295 e. The van der Waals surface area contributed by atoms with Crippen LogP contribution in [0.1, 0.15) is 22.7 Å². The van der Waals surface area contributed by atoms with Crippen molar-refractivity contribution in [1.82, 2.24) is 9.80 Å². The third-order valence-electron chi connectivity index (χ3n) is 4.84. The van der Waals surface area contributed by atoms with Crippen LogP contribution in [0.25, 0.3) is 5.76 Å². The molecule has 2 aromatic rings.